The summed E-state index contributed by atoms with van der Waals surface area (Å²) >= 11 is 0. The molecule has 0 aliphatic carbocycles. The largest absolute Gasteiger partial charge is 0.480 e. The van der Waals surface area contributed by atoms with Crippen LogP contribution in [-0.4, -0.2) is 29.7 Å². The fourth-order valence-corrected chi connectivity index (χ4v) is 2.11. The van der Waals surface area contributed by atoms with Crippen molar-refractivity contribution >= 4 is 22.8 Å². The summed E-state index contributed by atoms with van der Waals surface area (Å²) in [7, 11) is 0. The molecule has 5 nitrogen and oxygen atoms in total. The second kappa shape index (κ2) is 5.95. The summed E-state index contributed by atoms with van der Waals surface area (Å²) in [5, 5.41) is 11.7. The number of hydrogen-bond donors (Lipinski definition) is 2. The van der Waals surface area contributed by atoms with E-state index in [-0.39, 0.29) is 6.42 Å². The highest BCUT2D eigenvalue weighted by Crippen LogP contribution is 2.26. The molecule has 112 valence electrons. The van der Waals surface area contributed by atoms with Crippen LogP contribution in [0.2, 0.25) is 0 Å². The first-order chi connectivity index (χ1) is 9.93. The lowest BCUT2D eigenvalue weighted by Crippen LogP contribution is -2.42. The Labute approximate surface area is 120 Å². The van der Waals surface area contributed by atoms with Crippen LogP contribution in [-0.2, 0) is 16.0 Å². The van der Waals surface area contributed by atoms with Crippen LogP contribution in [0.15, 0.2) is 22.8 Å². The zero-order valence-corrected chi connectivity index (χ0v) is 11.8. The van der Waals surface area contributed by atoms with E-state index in [1.807, 2.05) is 26.0 Å². The zero-order chi connectivity index (χ0) is 15.6. The van der Waals surface area contributed by atoms with E-state index in [9.17, 15) is 14.0 Å². The quantitative estimate of drug-likeness (QED) is 0.885. The van der Waals surface area contributed by atoms with Crippen LogP contribution in [0.1, 0.15) is 16.7 Å². The van der Waals surface area contributed by atoms with E-state index >= 15 is 0 Å². The van der Waals surface area contributed by atoms with Crippen LogP contribution >= 0.6 is 0 Å². The van der Waals surface area contributed by atoms with Crippen molar-refractivity contribution in [2.24, 2.45) is 0 Å². The van der Waals surface area contributed by atoms with Crippen molar-refractivity contribution in [3.63, 3.8) is 0 Å². The van der Waals surface area contributed by atoms with E-state index < -0.39 is 24.6 Å². The molecule has 2 aromatic rings. The number of aliphatic carboxylic acids is 1. The average molecular weight is 293 g/mol. The first kappa shape index (κ1) is 15.0. The normalized spacial score (nSPS) is 12.3. The third-order valence-electron chi connectivity index (χ3n) is 3.48. The van der Waals surface area contributed by atoms with Gasteiger partial charge in [-0.15, -0.1) is 0 Å². The summed E-state index contributed by atoms with van der Waals surface area (Å²) in [5.74, 6) is -1.95. The van der Waals surface area contributed by atoms with Gasteiger partial charge in [-0.3, -0.25) is 4.79 Å². The Balaban J connectivity index is 2.19. The number of halogens is 1. The number of carbonyl (C=O) groups excluding carboxylic acids is 1. The molecule has 0 aliphatic heterocycles. The number of fused-ring (bicyclic) bond motifs is 1. The van der Waals surface area contributed by atoms with E-state index in [0.29, 0.717) is 11.1 Å². The minimum absolute atomic E-state index is 0.0563. The van der Waals surface area contributed by atoms with Crippen molar-refractivity contribution in [2.45, 2.75) is 26.3 Å². The molecule has 2 rings (SSSR count). The smallest absolute Gasteiger partial charge is 0.328 e. The molecule has 0 spiro atoms. The van der Waals surface area contributed by atoms with Gasteiger partial charge in [0.25, 0.3) is 0 Å². The monoisotopic (exact) mass is 293 g/mol. The lowest BCUT2D eigenvalue weighted by atomic mass is 10.0. The maximum absolute atomic E-state index is 12.5. The molecule has 1 heterocycles. The Kier molecular flexibility index (Phi) is 4.26. The number of alkyl halides is 1. The molecule has 2 N–H and O–H groups in total. The first-order valence-corrected chi connectivity index (χ1v) is 6.48. The third-order valence-corrected chi connectivity index (χ3v) is 3.48. The zero-order valence-electron chi connectivity index (χ0n) is 11.8. The molecule has 0 fully saturated rings. The van der Waals surface area contributed by atoms with Crippen LogP contribution < -0.4 is 5.32 Å². The van der Waals surface area contributed by atoms with Crippen molar-refractivity contribution in [1.29, 1.82) is 0 Å². The van der Waals surface area contributed by atoms with Crippen LogP contribution in [0.4, 0.5) is 4.39 Å². The number of aryl methyl sites for hydroxylation is 2. The van der Waals surface area contributed by atoms with Gasteiger partial charge in [0.15, 0.2) is 6.04 Å². The summed E-state index contributed by atoms with van der Waals surface area (Å²) in [6.45, 7) is 2.74. The molecule has 1 amide bonds. The van der Waals surface area contributed by atoms with Crippen LogP contribution in [0, 0.1) is 13.8 Å². The van der Waals surface area contributed by atoms with Gasteiger partial charge in [0.1, 0.15) is 12.3 Å². The van der Waals surface area contributed by atoms with Crippen molar-refractivity contribution < 1.29 is 23.5 Å². The molecular weight excluding hydrogens is 277 g/mol. The molecule has 0 bridgehead atoms. The number of hydrogen-bond acceptors (Lipinski definition) is 3. The number of carbonyl (C=O) groups is 2. The standard InChI is InChI=1S/C15H16FNO4/c1-8-3-4-11-10(7-21-14(11)9(8)2)5-13(18)17-12(6-16)15(19)20/h3-4,7,12H,5-6H2,1-2H3,(H,17,18)(H,19,20). The molecule has 0 aliphatic rings. The second-order valence-corrected chi connectivity index (χ2v) is 4.93. The molecule has 0 saturated heterocycles. The van der Waals surface area contributed by atoms with Gasteiger partial charge in [-0.1, -0.05) is 12.1 Å². The van der Waals surface area contributed by atoms with E-state index in [1.165, 1.54) is 6.26 Å². The number of carboxylic acids is 1. The minimum atomic E-state index is -1.51. The van der Waals surface area contributed by atoms with E-state index in [0.717, 1.165) is 16.5 Å². The van der Waals surface area contributed by atoms with Crippen molar-refractivity contribution in [2.75, 3.05) is 6.67 Å². The third kappa shape index (κ3) is 3.04. The number of carboxylic acid groups (broad SMARTS) is 1. The Bertz CT molecular complexity index is 692. The Morgan fingerprint density at radius 1 is 1.38 bits per heavy atom. The van der Waals surface area contributed by atoms with E-state index in [4.69, 9.17) is 9.52 Å². The summed E-state index contributed by atoms with van der Waals surface area (Å²) in [6.07, 6.45) is 1.42. The predicted molar refractivity (Wildman–Crippen MR) is 74.9 cm³/mol. The topological polar surface area (TPSA) is 79.5 Å². The summed E-state index contributed by atoms with van der Waals surface area (Å²) < 4.78 is 18.0. The molecule has 0 radical (unpaired) electrons. The van der Waals surface area contributed by atoms with Gasteiger partial charge >= 0.3 is 5.97 Å². The molecule has 1 unspecified atom stereocenters. The van der Waals surface area contributed by atoms with Crippen LogP contribution in [0.5, 0.6) is 0 Å². The van der Waals surface area contributed by atoms with Crippen LogP contribution in [0.25, 0.3) is 11.0 Å². The van der Waals surface area contributed by atoms with Gasteiger partial charge in [0.05, 0.1) is 12.7 Å². The van der Waals surface area contributed by atoms with Gasteiger partial charge in [0, 0.05) is 10.9 Å². The maximum Gasteiger partial charge on any atom is 0.328 e. The Morgan fingerprint density at radius 2 is 2.10 bits per heavy atom. The molecule has 1 aromatic carbocycles. The average Bonchev–Trinajstić information content (AvgIpc) is 2.83. The second-order valence-electron chi connectivity index (χ2n) is 4.93. The minimum Gasteiger partial charge on any atom is -0.480 e. The lowest BCUT2D eigenvalue weighted by Gasteiger charge is -2.10. The van der Waals surface area contributed by atoms with Gasteiger partial charge in [-0.2, -0.15) is 0 Å². The Morgan fingerprint density at radius 3 is 2.71 bits per heavy atom. The highest BCUT2D eigenvalue weighted by molar-refractivity contribution is 5.91. The van der Waals surface area contributed by atoms with Crippen LogP contribution in [0.3, 0.4) is 0 Å². The number of benzene rings is 1. The molecule has 6 heteroatoms. The fourth-order valence-electron chi connectivity index (χ4n) is 2.11. The number of rotatable bonds is 5. The molecule has 0 saturated carbocycles. The highest BCUT2D eigenvalue weighted by atomic mass is 19.1. The van der Waals surface area contributed by atoms with Gasteiger partial charge in [-0.05, 0) is 25.0 Å². The first-order valence-electron chi connectivity index (χ1n) is 6.48. The Hall–Kier alpha value is -2.37. The fraction of sp³-hybridized carbons (Fsp3) is 0.333. The highest BCUT2D eigenvalue weighted by Gasteiger charge is 2.20. The number of furan rings is 1. The van der Waals surface area contributed by atoms with Gasteiger partial charge in [-0.25, -0.2) is 9.18 Å². The molecular formula is C15H16FNO4. The molecule has 1 aromatic heterocycles. The van der Waals surface area contributed by atoms with Gasteiger partial charge < -0.3 is 14.8 Å². The van der Waals surface area contributed by atoms with E-state index in [1.54, 1.807) is 0 Å². The predicted octanol–water partition coefficient (Wildman–Crippen LogP) is 2.13. The summed E-state index contributed by atoms with van der Waals surface area (Å²) in [6, 6.07) is 2.27. The molecule has 21 heavy (non-hydrogen) atoms. The van der Waals surface area contributed by atoms with Crippen molar-refractivity contribution in [3.8, 4) is 0 Å². The number of amides is 1. The summed E-state index contributed by atoms with van der Waals surface area (Å²) in [5.41, 5.74) is 3.43. The summed E-state index contributed by atoms with van der Waals surface area (Å²) in [4.78, 5) is 22.5. The molecule has 1 atom stereocenters. The maximum atomic E-state index is 12.5. The lowest BCUT2D eigenvalue weighted by molar-refractivity contribution is -0.142. The van der Waals surface area contributed by atoms with Crippen molar-refractivity contribution in [3.05, 3.63) is 35.1 Å². The van der Waals surface area contributed by atoms with E-state index in [2.05, 4.69) is 5.32 Å². The van der Waals surface area contributed by atoms with Crippen molar-refractivity contribution in [1.82, 2.24) is 5.32 Å². The van der Waals surface area contributed by atoms with Gasteiger partial charge in [0.2, 0.25) is 5.91 Å². The number of nitrogens with one attached hydrogen (secondary N) is 1. The SMILES string of the molecule is Cc1ccc2c(CC(=O)NC(CF)C(=O)O)coc2c1C.